The Morgan fingerprint density at radius 1 is 1.31 bits per heavy atom. The molecule has 90 valence electrons. The molecule has 0 aromatic heterocycles. The van der Waals surface area contributed by atoms with E-state index in [-0.39, 0.29) is 0 Å². The van der Waals surface area contributed by atoms with Crippen molar-refractivity contribution in [1.29, 1.82) is 0 Å². The molecule has 1 atom stereocenters. The number of rotatable bonds is 7. The van der Waals surface area contributed by atoms with E-state index >= 15 is 0 Å². The summed E-state index contributed by atoms with van der Waals surface area (Å²) in [6.07, 6.45) is 1.07. The van der Waals surface area contributed by atoms with Crippen molar-refractivity contribution in [2.75, 3.05) is 20.3 Å². The van der Waals surface area contributed by atoms with Crippen molar-refractivity contribution in [2.24, 2.45) is 0 Å². The highest BCUT2D eigenvalue weighted by molar-refractivity contribution is 5.33. The van der Waals surface area contributed by atoms with E-state index in [1.165, 1.54) is 0 Å². The van der Waals surface area contributed by atoms with Gasteiger partial charge in [0.05, 0.1) is 19.8 Å². The summed E-state index contributed by atoms with van der Waals surface area (Å²) in [5.41, 5.74) is 1.01. The molecule has 1 rings (SSSR count). The van der Waals surface area contributed by atoms with Gasteiger partial charge >= 0.3 is 0 Å². The van der Waals surface area contributed by atoms with Crippen LogP contribution in [0.15, 0.2) is 24.3 Å². The second-order valence-corrected chi connectivity index (χ2v) is 3.74. The van der Waals surface area contributed by atoms with Gasteiger partial charge in [0.25, 0.3) is 0 Å². The normalized spacial score (nSPS) is 12.4. The Kier molecular flexibility index (Phi) is 5.90. The number of methoxy groups -OCH3 is 1. The lowest BCUT2D eigenvalue weighted by atomic mass is 10.1. The topological polar surface area (TPSA) is 38.7 Å². The minimum Gasteiger partial charge on any atom is -0.496 e. The molecule has 1 unspecified atom stereocenters. The van der Waals surface area contributed by atoms with E-state index < -0.39 is 6.10 Å². The van der Waals surface area contributed by atoms with Crippen LogP contribution in [0.1, 0.15) is 18.9 Å². The molecular formula is C13H20O3. The summed E-state index contributed by atoms with van der Waals surface area (Å²) in [6.45, 7) is 3.13. The highest BCUT2D eigenvalue weighted by Crippen LogP contribution is 2.18. The fraction of sp³-hybridized carbons (Fsp3) is 0.538. The average Bonchev–Trinajstić information content (AvgIpc) is 2.30. The van der Waals surface area contributed by atoms with Gasteiger partial charge in [-0.15, -0.1) is 0 Å². The number of benzene rings is 1. The maximum atomic E-state index is 9.77. The lowest BCUT2D eigenvalue weighted by Crippen LogP contribution is -2.18. The third-order valence-electron chi connectivity index (χ3n) is 2.31. The predicted molar refractivity (Wildman–Crippen MR) is 63.8 cm³/mol. The lowest BCUT2D eigenvalue weighted by molar-refractivity contribution is 0.0371. The summed E-state index contributed by atoms with van der Waals surface area (Å²) in [5, 5.41) is 9.77. The molecule has 0 heterocycles. The Hall–Kier alpha value is -1.06. The molecule has 0 aliphatic heterocycles. The first kappa shape index (κ1) is 13.0. The molecule has 0 spiro atoms. The van der Waals surface area contributed by atoms with Gasteiger partial charge in [-0.1, -0.05) is 25.1 Å². The van der Waals surface area contributed by atoms with E-state index in [9.17, 15) is 5.11 Å². The largest absolute Gasteiger partial charge is 0.496 e. The van der Waals surface area contributed by atoms with Crippen molar-refractivity contribution in [2.45, 2.75) is 25.9 Å². The van der Waals surface area contributed by atoms with Gasteiger partial charge in [0.15, 0.2) is 0 Å². The van der Waals surface area contributed by atoms with Gasteiger partial charge in [-0.25, -0.2) is 0 Å². The van der Waals surface area contributed by atoms with Crippen LogP contribution >= 0.6 is 0 Å². The third-order valence-corrected chi connectivity index (χ3v) is 2.31. The maximum Gasteiger partial charge on any atom is 0.122 e. The van der Waals surface area contributed by atoms with Crippen LogP contribution in [0.3, 0.4) is 0 Å². The smallest absolute Gasteiger partial charge is 0.122 e. The van der Waals surface area contributed by atoms with Crippen molar-refractivity contribution in [3.05, 3.63) is 29.8 Å². The molecule has 3 nitrogen and oxygen atoms in total. The van der Waals surface area contributed by atoms with E-state index in [1.54, 1.807) is 7.11 Å². The summed E-state index contributed by atoms with van der Waals surface area (Å²) >= 11 is 0. The molecule has 1 aromatic rings. The Morgan fingerprint density at radius 2 is 2.06 bits per heavy atom. The molecule has 1 aromatic carbocycles. The molecule has 0 saturated carbocycles. The van der Waals surface area contributed by atoms with Crippen molar-refractivity contribution in [3.8, 4) is 5.75 Å². The highest BCUT2D eigenvalue weighted by Gasteiger charge is 2.09. The summed E-state index contributed by atoms with van der Waals surface area (Å²) in [6, 6.07) is 7.72. The van der Waals surface area contributed by atoms with Gasteiger partial charge in [-0.05, 0) is 18.1 Å². The van der Waals surface area contributed by atoms with E-state index in [2.05, 4.69) is 0 Å². The second kappa shape index (κ2) is 7.25. The van der Waals surface area contributed by atoms with Crippen LogP contribution in [0.25, 0.3) is 0 Å². The lowest BCUT2D eigenvalue weighted by Gasteiger charge is -2.13. The second-order valence-electron chi connectivity index (χ2n) is 3.74. The van der Waals surface area contributed by atoms with Crippen LogP contribution in [-0.4, -0.2) is 31.5 Å². The van der Waals surface area contributed by atoms with Gasteiger partial charge in [0.1, 0.15) is 5.75 Å². The Labute approximate surface area is 97.0 Å². The van der Waals surface area contributed by atoms with Gasteiger partial charge in [-0.2, -0.15) is 0 Å². The minimum atomic E-state index is -0.470. The summed E-state index contributed by atoms with van der Waals surface area (Å²) in [4.78, 5) is 0. The molecule has 0 saturated heterocycles. The van der Waals surface area contributed by atoms with Crippen molar-refractivity contribution in [3.63, 3.8) is 0 Å². The van der Waals surface area contributed by atoms with E-state index in [0.29, 0.717) is 19.6 Å². The molecule has 0 amide bonds. The Morgan fingerprint density at radius 3 is 2.75 bits per heavy atom. The third kappa shape index (κ3) is 4.21. The van der Waals surface area contributed by atoms with Gasteiger partial charge in [0, 0.05) is 13.0 Å². The quantitative estimate of drug-likeness (QED) is 0.720. The molecule has 0 fully saturated rings. The van der Waals surface area contributed by atoms with Crippen molar-refractivity contribution < 1.29 is 14.6 Å². The van der Waals surface area contributed by atoms with Crippen LogP contribution < -0.4 is 4.74 Å². The zero-order valence-corrected chi connectivity index (χ0v) is 9.98. The molecule has 0 aliphatic carbocycles. The van der Waals surface area contributed by atoms with Gasteiger partial charge in [0.2, 0.25) is 0 Å². The van der Waals surface area contributed by atoms with Crippen LogP contribution in [-0.2, 0) is 11.2 Å². The van der Waals surface area contributed by atoms with Crippen LogP contribution in [0.2, 0.25) is 0 Å². The Bertz CT molecular complexity index is 299. The molecule has 1 N–H and O–H groups in total. The fourth-order valence-corrected chi connectivity index (χ4v) is 1.55. The maximum absolute atomic E-state index is 9.77. The van der Waals surface area contributed by atoms with Crippen LogP contribution in [0.4, 0.5) is 0 Å². The molecule has 0 bridgehead atoms. The van der Waals surface area contributed by atoms with Crippen molar-refractivity contribution in [1.82, 2.24) is 0 Å². The van der Waals surface area contributed by atoms with E-state index in [4.69, 9.17) is 9.47 Å². The molecule has 3 heteroatoms. The Balaban J connectivity index is 2.45. The van der Waals surface area contributed by atoms with Gasteiger partial charge in [-0.3, -0.25) is 0 Å². The number of aliphatic hydroxyl groups excluding tert-OH is 1. The molecule has 0 aliphatic rings. The van der Waals surface area contributed by atoms with Crippen LogP contribution in [0, 0.1) is 0 Å². The number of aliphatic hydroxyl groups is 1. The first-order chi connectivity index (χ1) is 7.77. The molecule has 0 radical (unpaired) electrons. The first-order valence-corrected chi connectivity index (χ1v) is 5.65. The van der Waals surface area contributed by atoms with E-state index in [0.717, 1.165) is 17.7 Å². The van der Waals surface area contributed by atoms with Crippen LogP contribution in [0.5, 0.6) is 5.75 Å². The predicted octanol–water partition coefficient (Wildman–Crippen LogP) is 2.03. The van der Waals surface area contributed by atoms with E-state index in [1.807, 2.05) is 31.2 Å². The highest BCUT2D eigenvalue weighted by atomic mass is 16.5. The van der Waals surface area contributed by atoms with Crippen molar-refractivity contribution >= 4 is 0 Å². The molecule has 16 heavy (non-hydrogen) atoms. The SMILES string of the molecule is CCCOCC(O)Cc1ccccc1OC. The van der Waals surface area contributed by atoms with Gasteiger partial charge < -0.3 is 14.6 Å². The number of hydrogen-bond acceptors (Lipinski definition) is 3. The first-order valence-electron chi connectivity index (χ1n) is 5.65. The zero-order chi connectivity index (χ0) is 11.8. The molecular weight excluding hydrogens is 204 g/mol. The average molecular weight is 224 g/mol. The number of para-hydroxylation sites is 1. The number of hydrogen-bond donors (Lipinski definition) is 1. The summed E-state index contributed by atoms with van der Waals surface area (Å²) in [7, 11) is 1.64. The standard InChI is InChI=1S/C13H20O3/c1-3-8-16-10-12(14)9-11-6-4-5-7-13(11)15-2/h4-7,12,14H,3,8-10H2,1-2H3. The fourth-order valence-electron chi connectivity index (χ4n) is 1.55. The zero-order valence-electron chi connectivity index (χ0n) is 9.98. The summed E-state index contributed by atoms with van der Waals surface area (Å²) in [5.74, 6) is 0.817. The summed E-state index contributed by atoms with van der Waals surface area (Å²) < 4.78 is 10.5. The minimum absolute atomic E-state index is 0.381. The monoisotopic (exact) mass is 224 g/mol. The number of ether oxygens (including phenoxy) is 2.